The third-order valence-corrected chi connectivity index (χ3v) is 3.05. The van der Waals surface area contributed by atoms with E-state index < -0.39 is 10.1 Å². The van der Waals surface area contributed by atoms with Gasteiger partial charge in [0, 0.05) is 0 Å². The fourth-order valence-electron chi connectivity index (χ4n) is 1.69. The molecule has 114 valence electrons. The van der Waals surface area contributed by atoms with Gasteiger partial charge in [0.05, 0.1) is 31.9 Å². The fraction of sp³-hybridized carbons (Fsp3) is 0.333. The van der Waals surface area contributed by atoms with E-state index in [1.54, 1.807) is 0 Å². The van der Waals surface area contributed by atoms with Gasteiger partial charge in [0.25, 0.3) is 10.1 Å². The first kappa shape index (κ1) is 20.9. The number of rotatable bonds is 10. The van der Waals surface area contributed by atoms with E-state index in [0.29, 0.717) is 0 Å². The molecule has 0 saturated heterocycles. The molecular weight excluding hydrogens is 274 g/mol. The van der Waals surface area contributed by atoms with Gasteiger partial charge in [-0.2, -0.15) is 8.42 Å². The zero-order valence-corrected chi connectivity index (χ0v) is 12.9. The van der Waals surface area contributed by atoms with Crippen LogP contribution in [0.15, 0.2) is 63.3 Å². The van der Waals surface area contributed by atoms with E-state index >= 15 is 0 Å². The molecule has 0 heterocycles. The highest BCUT2D eigenvalue weighted by molar-refractivity contribution is 7.85. The van der Waals surface area contributed by atoms with Gasteiger partial charge in [-0.15, -0.1) is 6.58 Å². The first-order chi connectivity index (χ1) is 9.30. The Balaban J connectivity index is 0. The van der Waals surface area contributed by atoms with Gasteiger partial charge >= 0.3 is 0 Å². The maximum Gasteiger partial charge on any atom is 0.268 e. The number of hydrogen-bond donors (Lipinski definition) is 1. The molecule has 0 spiro atoms. The van der Waals surface area contributed by atoms with Crippen molar-refractivity contribution in [3.63, 3.8) is 0 Å². The molecule has 5 heteroatoms. The molecule has 0 saturated carbocycles. The highest BCUT2D eigenvalue weighted by Gasteiger charge is 2.20. The van der Waals surface area contributed by atoms with E-state index in [9.17, 15) is 8.42 Å². The van der Waals surface area contributed by atoms with Crippen molar-refractivity contribution in [3.8, 4) is 0 Å². The average molecular weight is 300 g/mol. The Kier molecular flexibility index (Phi) is 11.9. The van der Waals surface area contributed by atoms with Crippen molar-refractivity contribution in [3.05, 3.63) is 63.3 Å². The maximum absolute atomic E-state index is 9.72. The molecule has 4 nitrogen and oxygen atoms in total. The first-order valence-electron chi connectivity index (χ1n) is 6.15. The molecule has 1 N–H and O–H groups in total. The number of nitrogens with zero attached hydrogens (tertiary/aromatic N) is 1. The van der Waals surface area contributed by atoms with Gasteiger partial charge in [0.1, 0.15) is 0 Å². The lowest BCUT2D eigenvalue weighted by Crippen LogP contribution is -2.48. The quantitative estimate of drug-likeness (QED) is 0.383. The molecule has 0 aliphatic rings. The lowest BCUT2D eigenvalue weighted by atomic mass is 10.3. The van der Waals surface area contributed by atoms with E-state index in [-0.39, 0.29) is 5.75 Å². The molecule has 0 atom stereocenters. The zero-order chi connectivity index (χ0) is 16.1. The lowest BCUT2D eigenvalue weighted by Gasteiger charge is -2.35. The van der Waals surface area contributed by atoms with Crippen molar-refractivity contribution >= 4 is 10.1 Å². The molecule has 20 heavy (non-hydrogen) atoms. The molecule has 0 aromatic carbocycles. The van der Waals surface area contributed by atoms with Crippen molar-refractivity contribution in [2.75, 3.05) is 31.9 Å². The summed E-state index contributed by atoms with van der Waals surface area (Å²) in [5.74, 6) is -0.368. The van der Waals surface area contributed by atoms with Gasteiger partial charge in [-0.3, -0.25) is 4.55 Å². The third kappa shape index (κ3) is 11.6. The summed E-state index contributed by atoms with van der Waals surface area (Å²) in [5, 5.41) is 0. The van der Waals surface area contributed by atoms with Gasteiger partial charge in [0.2, 0.25) is 0 Å². The van der Waals surface area contributed by atoms with Crippen molar-refractivity contribution in [1.29, 1.82) is 0 Å². The van der Waals surface area contributed by atoms with Crippen LogP contribution in [0.3, 0.4) is 0 Å². The normalized spacial score (nSPS) is 10.7. The Hall–Kier alpha value is -1.43. The lowest BCUT2D eigenvalue weighted by molar-refractivity contribution is -0.906. The van der Waals surface area contributed by atoms with E-state index in [1.165, 1.54) is 0 Å². The summed E-state index contributed by atoms with van der Waals surface area (Å²) in [6.07, 6.45) is 8.88. The van der Waals surface area contributed by atoms with E-state index in [1.807, 2.05) is 24.3 Å². The predicted molar refractivity (Wildman–Crippen MR) is 87.1 cm³/mol. The Morgan fingerprint density at radius 2 is 1.05 bits per heavy atom. The van der Waals surface area contributed by atoms with Crippen LogP contribution < -0.4 is 0 Å². The molecule has 0 aromatic rings. The number of quaternary nitrogens is 1. The second-order valence-electron chi connectivity index (χ2n) is 4.26. The van der Waals surface area contributed by atoms with E-state index in [0.717, 1.165) is 36.7 Å². The molecule has 0 rings (SSSR count). The minimum Gasteiger partial charge on any atom is -0.311 e. The Morgan fingerprint density at radius 3 is 1.15 bits per heavy atom. The molecule has 0 aliphatic carbocycles. The molecule has 0 aromatic heterocycles. The van der Waals surface area contributed by atoms with Gasteiger partial charge in [-0.1, -0.05) is 32.4 Å². The summed E-state index contributed by atoms with van der Waals surface area (Å²) in [7, 11) is -3.79. The molecule has 0 aliphatic heterocycles. The van der Waals surface area contributed by atoms with Crippen LogP contribution in [0.5, 0.6) is 0 Å². The second-order valence-corrected chi connectivity index (χ2v) is 5.76. The van der Waals surface area contributed by atoms with Crippen molar-refractivity contribution < 1.29 is 17.5 Å². The molecule has 0 unspecified atom stereocenters. The van der Waals surface area contributed by atoms with Gasteiger partial charge in [0.15, 0.2) is 0 Å². The summed E-state index contributed by atoms with van der Waals surface area (Å²) >= 11 is 0. The fourth-order valence-corrected chi connectivity index (χ4v) is 1.99. The maximum atomic E-state index is 9.72. The monoisotopic (exact) mass is 300 g/mol. The van der Waals surface area contributed by atoms with E-state index in [4.69, 9.17) is 4.55 Å². The van der Waals surface area contributed by atoms with Crippen LogP contribution in [0.25, 0.3) is 0 Å². The Morgan fingerprint density at radius 1 is 0.750 bits per heavy atom. The minimum atomic E-state index is -3.79. The molecule has 0 fully saturated rings. The molecule has 0 bridgehead atoms. The first-order valence-corrected chi connectivity index (χ1v) is 7.76. The highest BCUT2D eigenvalue weighted by Crippen LogP contribution is 2.07. The molecule has 0 amide bonds. The minimum absolute atomic E-state index is 0.368. The summed E-state index contributed by atoms with van der Waals surface area (Å²) < 4.78 is 28.3. The van der Waals surface area contributed by atoms with Crippen LogP contribution in [-0.2, 0) is 10.1 Å². The van der Waals surface area contributed by atoms with Crippen LogP contribution in [-0.4, -0.2) is 49.4 Å². The zero-order valence-electron chi connectivity index (χ0n) is 12.1. The molecule has 0 radical (unpaired) electrons. The summed E-state index contributed by atoms with van der Waals surface area (Å²) in [5.41, 5.74) is 0. The van der Waals surface area contributed by atoms with Crippen LogP contribution in [0, 0.1) is 0 Å². The van der Waals surface area contributed by atoms with Crippen molar-refractivity contribution in [2.24, 2.45) is 0 Å². The third-order valence-electron chi connectivity index (χ3n) is 2.39. The molecular formula is C15H26NO3S+. The summed E-state index contributed by atoms with van der Waals surface area (Å²) in [4.78, 5) is 0. The van der Waals surface area contributed by atoms with E-state index in [2.05, 4.69) is 32.9 Å². The van der Waals surface area contributed by atoms with Gasteiger partial charge in [-0.25, -0.2) is 0 Å². The predicted octanol–water partition coefficient (Wildman–Crippen LogP) is 2.61. The highest BCUT2D eigenvalue weighted by atomic mass is 32.2. The SMILES string of the molecule is C=CCS(=O)(=O)O.C=CC[N+](CC=C)(CC=C)CC=C. The average Bonchev–Trinajstić information content (AvgIpc) is 2.29. The van der Waals surface area contributed by atoms with Crippen LogP contribution >= 0.6 is 0 Å². The van der Waals surface area contributed by atoms with Crippen LogP contribution in [0.2, 0.25) is 0 Å². The Labute approximate surface area is 123 Å². The van der Waals surface area contributed by atoms with Gasteiger partial charge < -0.3 is 4.48 Å². The Bertz CT molecular complexity index is 379. The smallest absolute Gasteiger partial charge is 0.268 e. The summed E-state index contributed by atoms with van der Waals surface area (Å²) in [6, 6.07) is 0. The topological polar surface area (TPSA) is 54.4 Å². The van der Waals surface area contributed by atoms with Crippen LogP contribution in [0.1, 0.15) is 0 Å². The number of hydrogen-bond acceptors (Lipinski definition) is 2. The van der Waals surface area contributed by atoms with Crippen LogP contribution in [0.4, 0.5) is 0 Å². The largest absolute Gasteiger partial charge is 0.311 e. The summed E-state index contributed by atoms with van der Waals surface area (Å²) in [6.45, 7) is 21.9. The van der Waals surface area contributed by atoms with Gasteiger partial charge in [-0.05, 0) is 24.3 Å². The standard InChI is InChI=1S/C12H20N.C3H6O3S/c1-5-9-13(10-6-2,11-7-3)12-8-4;1-2-3-7(4,5)6/h5-8H,1-4,9-12H2;2H,1,3H2,(H,4,5,6)/q+1;. The van der Waals surface area contributed by atoms with Crippen molar-refractivity contribution in [2.45, 2.75) is 0 Å². The second kappa shape index (κ2) is 11.4. The van der Waals surface area contributed by atoms with Crippen molar-refractivity contribution in [1.82, 2.24) is 0 Å².